The van der Waals surface area contributed by atoms with Gasteiger partial charge in [0.1, 0.15) is 0 Å². The van der Waals surface area contributed by atoms with Gasteiger partial charge in [-0.05, 0) is 12.8 Å². The molecular formula is C6H10F4O4S. The molecule has 0 saturated carbocycles. The summed E-state index contributed by atoms with van der Waals surface area (Å²) in [6.45, 7) is -0.886. The highest BCUT2D eigenvalue weighted by atomic mass is 32.3. The third-order valence-electron chi connectivity index (χ3n) is 1.38. The molecule has 0 rings (SSSR count). The van der Waals surface area contributed by atoms with E-state index < -0.39 is 42.2 Å². The van der Waals surface area contributed by atoms with Crippen molar-refractivity contribution in [3.05, 3.63) is 0 Å². The Balaban J connectivity index is 4.32. The molecule has 92 valence electrons. The van der Waals surface area contributed by atoms with Gasteiger partial charge in [0.05, 0.1) is 19.2 Å². The normalized spacial score (nSPS) is 15.3. The summed E-state index contributed by atoms with van der Waals surface area (Å²) in [5, 5.41) is 0. The molecule has 0 spiro atoms. The van der Waals surface area contributed by atoms with E-state index in [-0.39, 0.29) is 6.42 Å². The zero-order chi connectivity index (χ0) is 12.1. The fraction of sp³-hybridized carbons (Fsp3) is 1.00. The lowest BCUT2D eigenvalue weighted by Gasteiger charge is -2.16. The Hall–Kier alpha value is -0.410. The van der Waals surface area contributed by atoms with E-state index in [0.717, 1.165) is 0 Å². The van der Waals surface area contributed by atoms with Crippen LogP contribution in [-0.2, 0) is 14.6 Å². The second kappa shape index (κ2) is 5.61. The van der Waals surface area contributed by atoms with Crippen molar-refractivity contribution in [1.82, 2.24) is 0 Å². The summed E-state index contributed by atoms with van der Waals surface area (Å²) in [6, 6.07) is 0. The monoisotopic (exact) mass is 254 g/mol. The molecule has 0 fully saturated rings. The van der Waals surface area contributed by atoms with Crippen molar-refractivity contribution >= 4 is 10.4 Å². The van der Waals surface area contributed by atoms with Crippen LogP contribution in [0.1, 0.15) is 19.3 Å². The fourth-order valence-electron chi connectivity index (χ4n) is 0.919. The van der Waals surface area contributed by atoms with Gasteiger partial charge < -0.3 is 0 Å². The molecular weight excluding hydrogens is 244 g/mol. The minimum atomic E-state index is -4.95. The van der Waals surface area contributed by atoms with Crippen molar-refractivity contribution in [3.8, 4) is 0 Å². The molecule has 1 atom stereocenters. The first-order valence-corrected chi connectivity index (χ1v) is 5.29. The van der Waals surface area contributed by atoms with Crippen LogP contribution in [0.3, 0.4) is 0 Å². The summed E-state index contributed by atoms with van der Waals surface area (Å²) >= 11 is 0. The molecule has 0 aromatic carbocycles. The predicted molar refractivity (Wildman–Crippen MR) is 42.3 cm³/mol. The van der Waals surface area contributed by atoms with Crippen LogP contribution >= 0.6 is 0 Å². The summed E-state index contributed by atoms with van der Waals surface area (Å²) in [4.78, 5) is 0. The smallest absolute Gasteiger partial charge is 0.264 e. The van der Waals surface area contributed by atoms with Crippen molar-refractivity contribution < 1.29 is 34.7 Å². The maximum absolute atomic E-state index is 11.9. The molecule has 1 unspecified atom stereocenters. The number of halogens is 4. The standard InChI is InChI=1S/C6H10F4O4S/c7-3-1-2-5(4-6(8,9)10)14-15(11,12)13/h5H,1-4H2,(H,11,12,13). The molecule has 15 heavy (non-hydrogen) atoms. The van der Waals surface area contributed by atoms with E-state index in [1.54, 1.807) is 0 Å². The SMILES string of the molecule is O=S(=O)(O)OC(CCCF)CC(F)(F)F. The Morgan fingerprint density at radius 3 is 2.20 bits per heavy atom. The van der Waals surface area contributed by atoms with E-state index in [0.29, 0.717) is 0 Å². The van der Waals surface area contributed by atoms with E-state index >= 15 is 0 Å². The molecule has 0 radical (unpaired) electrons. The second-order valence-electron chi connectivity index (χ2n) is 2.80. The third kappa shape index (κ3) is 9.88. The summed E-state index contributed by atoms with van der Waals surface area (Å²) < 4.78 is 79.5. The van der Waals surface area contributed by atoms with Gasteiger partial charge in [-0.3, -0.25) is 8.94 Å². The molecule has 0 aliphatic rings. The molecule has 4 nitrogen and oxygen atoms in total. The van der Waals surface area contributed by atoms with Crippen molar-refractivity contribution in [1.29, 1.82) is 0 Å². The molecule has 0 aliphatic carbocycles. The van der Waals surface area contributed by atoms with Gasteiger partial charge in [-0.15, -0.1) is 0 Å². The Morgan fingerprint density at radius 2 is 1.87 bits per heavy atom. The van der Waals surface area contributed by atoms with Gasteiger partial charge in [0, 0.05) is 0 Å². The van der Waals surface area contributed by atoms with Crippen LogP contribution < -0.4 is 0 Å². The van der Waals surface area contributed by atoms with Gasteiger partial charge in [-0.1, -0.05) is 0 Å². The van der Waals surface area contributed by atoms with E-state index in [4.69, 9.17) is 4.55 Å². The van der Waals surface area contributed by atoms with Crippen molar-refractivity contribution in [2.45, 2.75) is 31.5 Å². The van der Waals surface area contributed by atoms with Crippen LogP contribution in [0.15, 0.2) is 0 Å². The topological polar surface area (TPSA) is 63.6 Å². The number of alkyl halides is 4. The molecule has 0 amide bonds. The Labute approximate surface area is 84.2 Å². The first-order valence-electron chi connectivity index (χ1n) is 3.92. The quantitative estimate of drug-likeness (QED) is 0.580. The minimum absolute atomic E-state index is 0.268. The maximum Gasteiger partial charge on any atom is 0.397 e. The lowest BCUT2D eigenvalue weighted by molar-refractivity contribution is -0.151. The lowest BCUT2D eigenvalue weighted by Crippen LogP contribution is -2.25. The molecule has 0 aliphatic heterocycles. The van der Waals surface area contributed by atoms with E-state index in [1.165, 1.54) is 0 Å². The maximum atomic E-state index is 11.9. The van der Waals surface area contributed by atoms with Crippen LogP contribution in [0, 0.1) is 0 Å². The van der Waals surface area contributed by atoms with Crippen LogP contribution in [0.5, 0.6) is 0 Å². The second-order valence-corrected chi connectivity index (χ2v) is 3.84. The van der Waals surface area contributed by atoms with Gasteiger partial charge in [0.15, 0.2) is 0 Å². The molecule has 9 heteroatoms. The van der Waals surface area contributed by atoms with Gasteiger partial charge in [-0.25, -0.2) is 4.18 Å². The number of hydrogen-bond donors (Lipinski definition) is 1. The molecule has 0 heterocycles. The summed E-state index contributed by atoms with van der Waals surface area (Å²) in [5.41, 5.74) is 0. The summed E-state index contributed by atoms with van der Waals surface area (Å²) in [6.07, 6.45) is -8.67. The Bertz CT molecular complexity index is 273. The van der Waals surface area contributed by atoms with Crippen LogP contribution in [0.4, 0.5) is 17.6 Å². The van der Waals surface area contributed by atoms with Crippen LogP contribution in [-0.4, -0.2) is 31.9 Å². The largest absolute Gasteiger partial charge is 0.397 e. The molecule has 0 bridgehead atoms. The lowest BCUT2D eigenvalue weighted by atomic mass is 10.1. The highest BCUT2D eigenvalue weighted by Crippen LogP contribution is 2.25. The van der Waals surface area contributed by atoms with Crippen molar-refractivity contribution in [2.75, 3.05) is 6.67 Å². The summed E-state index contributed by atoms with van der Waals surface area (Å²) in [7, 11) is -4.95. The highest BCUT2D eigenvalue weighted by Gasteiger charge is 2.34. The first-order chi connectivity index (χ1) is 6.64. The van der Waals surface area contributed by atoms with Gasteiger partial charge >= 0.3 is 16.6 Å². The number of rotatable bonds is 6. The highest BCUT2D eigenvalue weighted by molar-refractivity contribution is 7.80. The molecule has 0 aromatic heterocycles. The fourth-order valence-corrected chi connectivity index (χ4v) is 1.43. The number of hydrogen-bond acceptors (Lipinski definition) is 3. The third-order valence-corrected chi connectivity index (χ3v) is 1.89. The Morgan fingerprint density at radius 1 is 1.33 bits per heavy atom. The molecule has 1 N–H and O–H groups in total. The van der Waals surface area contributed by atoms with Crippen molar-refractivity contribution in [2.24, 2.45) is 0 Å². The zero-order valence-electron chi connectivity index (χ0n) is 7.50. The van der Waals surface area contributed by atoms with Gasteiger partial charge in [0.2, 0.25) is 0 Å². The van der Waals surface area contributed by atoms with E-state index in [1.807, 2.05) is 0 Å². The predicted octanol–water partition coefficient (Wildman–Crippen LogP) is 1.88. The van der Waals surface area contributed by atoms with E-state index in [9.17, 15) is 26.0 Å². The first kappa shape index (κ1) is 14.6. The van der Waals surface area contributed by atoms with Gasteiger partial charge in [0.25, 0.3) is 0 Å². The average molecular weight is 254 g/mol. The van der Waals surface area contributed by atoms with Gasteiger partial charge in [-0.2, -0.15) is 21.6 Å². The van der Waals surface area contributed by atoms with Crippen LogP contribution in [0.2, 0.25) is 0 Å². The molecule has 0 aromatic rings. The Kier molecular flexibility index (Phi) is 5.46. The summed E-state index contributed by atoms with van der Waals surface area (Å²) in [5.74, 6) is 0. The minimum Gasteiger partial charge on any atom is -0.264 e. The van der Waals surface area contributed by atoms with E-state index in [2.05, 4.69) is 4.18 Å². The average Bonchev–Trinajstić information content (AvgIpc) is 1.94. The van der Waals surface area contributed by atoms with Crippen molar-refractivity contribution in [3.63, 3.8) is 0 Å². The van der Waals surface area contributed by atoms with Crippen LogP contribution in [0.25, 0.3) is 0 Å². The molecule has 0 saturated heterocycles. The zero-order valence-corrected chi connectivity index (χ0v) is 8.31.